The SMILES string of the molecule is Cc1ccc(F)cc1COc1c(Br)cc(C=O)cc1Br. The predicted octanol–water partition coefficient (Wildman–Crippen LogP) is 5.05. The van der Waals surface area contributed by atoms with Crippen molar-refractivity contribution in [3.63, 3.8) is 0 Å². The lowest BCUT2D eigenvalue weighted by Gasteiger charge is -2.12. The lowest BCUT2D eigenvalue weighted by atomic mass is 10.1. The van der Waals surface area contributed by atoms with E-state index in [9.17, 15) is 9.18 Å². The minimum atomic E-state index is -0.288. The first-order valence-electron chi connectivity index (χ1n) is 5.83. The van der Waals surface area contributed by atoms with Gasteiger partial charge in [-0.3, -0.25) is 4.79 Å². The largest absolute Gasteiger partial charge is 0.487 e. The Bertz CT molecular complexity index is 633. The van der Waals surface area contributed by atoms with Crippen LogP contribution in [0, 0.1) is 12.7 Å². The monoisotopic (exact) mass is 400 g/mol. The van der Waals surface area contributed by atoms with E-state index >= 15 is 0 Å². The average molecular weight is 402 g/mol. The van der Waals surface area contributed by atoms with E-state index in [1.54, 1.807) is 18.2 Å². The van der Waals surface area contributed by atoms with Gasteiger partial charge in [0.1, 0.15) is 24.5 Å². The van der Waals surface area contributed by atoms with E-state index in [0.717, 1.165) is 17.4 Å². The number of rotatable bonds is 4. The van der Waals surface area contributed by atoms with E-state index in [1.165, 1.54) is 12.1 Å². The summed E-state index contributed by atoms with van der Waals surface area (Å²) in [6, 6.07) is 7.94. The van der Waals surface area contributed by atoms with Crippen molar-refractivity contribution in [2.45, 2.75) is 13.5 Å². The molecule has 2 aromatic carbocycles. The van der Waals surface area contributed by atoms with Crippen LogP contribution in [-0.4, -0.2) is 6.29 Å². The summed E-state index contributed by atoms with van der Waals surface area (Å²) in [5.74, 6) is 0.294. The highest BCUT2D eigenvalue weighted by atomic mass is 79.9. The first-order chi connectivity index (χ1) is 9.51. The van der Waals surface area contributed by atoms with Gasteiger partial charge in [-0.2, -0.15) is 0 Å². The number of hydrogen-bond acceptors (Lipinski definition) is 2. The van der Waals surface area contributed by atoms with Crippen molar-refractivity contribution >= 4 is 38.1 Å². The number of carbonyl (C=O) groups excluding carboxylic acids is 1. The molecule has 0 radical (unpaired) electrons. The minimum absolute atomic E-state index is 0.251. The van der Waals surface area contributed by atoms with Gasteiger partial charge < -0.3 is 4.74 Å². The summed E-state index contributed by atoms with van der Waals surface area (Å²) >= 11 is 6.71. The third kappa shape index (κ3) is 3.46. The van der Waals surface area contributed by atoms with Crippen molar-refractivity contribution in [2.75, 3.05) is 0 Å². The average Bonchev–Trinajstić information content (AvgIpc) is 2.41. The van der Waals surface area contributed by atoms with Crippen molar-refractivity contribution in [3.05, 3.63) is 61.8 Å². The third-order valence-electron chi connectivity index (χ3n) is 2.84. The maximum absolute atomic E-state index is 13.2. The van der Waals surface area contributed by atoms with Crippen molar-refractivity contribution in [1.29, 1.82) is 0 Å². The minimum Gasteiger partial charge on any atom is -0.487 e. The van der Waals surface area contributed by atoms with Crippen molar-refractivity contribution < 1.29 is 13.9 Å². The van der Waals surface area contributed by atoms with Crippen LogP contribution in [0.4, 0.5) is 4.39 Å². The summed E-state index contributed by atoms with van der Waals surface area (Å²) in [5, 5.41) is 0. The molecule has 0 aliphatic carbocycles. The first kappa shape index (κ1) is 15.2. The van der Waals surface area contributed by atoms with Crippen LogP contribution in [0.2, 0.25) is 0 Å². The Morgan fingerprint density at radius 1 is 1.20 bits per heavy atom. The van der Waals surface area contributed by atoms with Gasteiger partial charge >= 0.3 is 0 Å². The zero-order valence-electron chi connectivity index (χ0n) is 10.6. The second-order valence-corrected chi connectivity index (χ2v) is 6.00. The predicted molar refractivity (Wildman–Crippen MR) is 82.7 cm³/mol. The molecule has 0 spiro atoms. The number of ether oxygens (including phenoxy) is 1. The van der Waals surface area contributed by atoms with Gasteiger partial charge in [-0.25, -0.2) is 4.39 Å². The molecule has 0 atom stereocenters. The Hall–Kier alpha value is -1.20. The van der Waals surface area contributed by atoms with Gasteiger partial charge in [-0.15, -0.1) is 0 Å². The zero-order chi connectivity index (χ0) is 14.7. The van der Waals surface area contributed by atoms with Crippen LogP contribution in [0.5, 0.6) is 5.75 Å². The van der Waals surface area contributed by atoms with E-state index in [-0.39, 0.29) is 12.4 Å². The molecule has 0 unspecified atom stereocenters. The fourth-order valence-electron chi connectivity index (χ4n) is 1.73. The summed E-state index contributed by atoms with van der Waals surface area (Å²) in [4.78, 5) is 10.8. The molecule has 0 N–H and O–H groups in total. The molecule has 104 valence electrons. The highest BCUT2D eigenvalue weighted by molar-refractivity contribution is 9.11. The lowest BCUT2D eigenvalue weighted by molar-refractivity contribution is 0.112. The van der Waals surface area contributed by atoms with Gasteiger partial charge in [0.05, 0.1) is 8.95 Å². The van der Waals surface area contributed by atoms with Gasteiger partial charge in [0.15, 0.2) is 0 Å². The van der Waals surface area contributed by atoms with Crippen molar-refractivity contribution in [2.24, 2.45) is 0 Å². The fourth-order valence-corrected chi connectivity index (χ4v) is 3.18. The molecule has 0 saturated heterocycles. The molecular weight excluding hydrogens is 391 g/mol. The molecule has 0 heterocycles. The van der Waals surface area contributed by atoms with Crippen LogP contribution in [0.3, 0.4) is 0 Å². The first-order valence-corrected chi connectivity index (χ1v) is 7.42. The summed E-state index contributed by atoms with van der Waals surface area (Å²) in [7, 11) is 0. The molecule has 0 bridgehead atoms. The zero-order valence-corrected chi connectivity index (χ0v) is 13.8. The molecule has 2 nitrogen and oxygen atoms in total. The topological polar surface area (TPSA) is 26.3 Å². The summed E-state index contributed by atoms with van der Waals surface area (Å²) in [6.45, 7) is 2.15. The van der Waals surface area contributed by atoms with E-state index in [2.05, 4.69) is 31.9 Å². The Labute approximate surface area is 133 Å². The third-order valence-corrected chi connectivity index (χ3v) is 4.02. The number of aryl methyl sites for hydroxylation is 1. The van der Waals surface area contributed by atoms with Crippen LogP contribution in [0.1, 0.15) is 21.5 Å². The number of halogens is 3. The molecule has 0 saturated carbocycles. The molecule has 0 amide bonds. The molecule has 5 heteroatoms. The van der Waals surface area contributed by atoms with Crippen LogP contribution in [0.25, 0.3) is 0 Å². The van der Waals surface area contributed by atoms with Gasteiger partial charge in [0.2, 0.25) is 0 Å². The summed E-state index contributed by atoms with van der Waals surface area (Å²) < 4.78 is 20.3. The van der Waals surface area contributed by atoms with Crippen molar-refractivity contribution in [3.8, 4) is 5.75 Å². The number of benzene rings is 2. The molecule has 2 aromatic rings. The van der Waals surface area contributed by atoms with Crippen molar-refractivity contribution in [1.82, 2.24) is 0 Å². The summed E-state index contributed by atoms with van der Waals surface area (Å²) in [5.41, 5.74) is 2.28. The second kappa shape index (κ2) is 6.50. The van der Waals surface area contributed by atoms with Gasteiger partial charge in [0.25, 0.3) is 0 Å². The van der Waals surface area contributed by atoms with Crippen LogP contribution in [0.15, 0.2) is 39.3 Å². The highest BCUT2D eigenvalue weighted by Crippen LogP contribution is 2.35. The molecule has 0 aliphatic heterocycles. The molecule has 0 aliphatic rings. The van der Waals surface area contributed by atoms with Gasteiger partial charge in [0, 0.05) is 5.56 Å². The Morgan fingerprint density at radius 2 is 1.85 bits per heavy atom. The fraction of sp³-hybridized carbons (Fsp3) is 0.133. The number of aldehydes is 1. The molecule has 20 heavy (non-hydrogen) atoms. The van der Waals surface area contributed by atoms with E-state index in [1.807, 2.05) is 6.92 Å². The number of carbonyl (C=O) groups is 1. The quantitative estimate of drug-likeness (QED) is 0.670. The van der Waals surface area contributed by atoms with Gasteiger partial charge in [-0.05, 0) is 74.2 Å². The second-order valence-electron chi connectivity index (χ2n) is 4.29. The Kier molecular flexibility index (Phi) is 4.94. The normalized spacial score (nSPS) is 10.4. The van der Waals surface area contributed by atoms with Crippen LogP contribution >= 0.6 is 31.9 Å². The lowest BCUT2D eigenvalue weighted by Crippen LogP contribution is -2.00. The maximum Gasteiger partial charge on any atom is 0.150 e. The molecule has 0 aromatic heterocycles. The highest BCUT2D eigenvalue weighted by Gasteiger charge is 2.10. The van der Waals surface area contributed by atoms with Crippen LogP contribution in [-0.2, 0) is 6.61 Å². The standard InChI is InChI=1S/C15H11Br2FO2/c1-9-2-3-12(18)6-11(9)8-20-15-13(16)4-10(7-19)5-14(15)17/h2-7H,8H2,1H3. The maximum atomic E-state index is 13.2. The molecule has 0 fully saturated rings. The molecule has 2 rings (SSSR count). The smallest absolute Gasteiger partial charge is 0.150 e. The van der Waals surface area contributed by atoms with Crippen LogP contribution < -0.4 is 4.74 Å². The molecular formula is C15H11Br2FO2. The van der Waals surface area contributed by atoms with E-state index < -0.39 is 0 Å². The Balaban J connectivity index is 2.23. The van der Waals surface area contributed by atoms with E-state index in [4.69, 9.17) is 4.74 Å². The summed E-state index contributed by atoms with van der Waals surface area (Å²) in [6.07, 6.45) is 0.760. The Morgan fingerprint density at radius 3 is 2.45 bits per heavy atom. The van der Waals surface area contributed by atoms with E-state index in [0.29, 0.717) is 20.3 Å². The van der Waals surface area contributed by atoms with Gasteiger partial charge in [-0.1, -0.05) is 6.07 Å². The number of hydrogen-bond donors (Lipinski definition) is 0.